The predicted molar refractivity (Wildman–Crippen MR) is 118 cm³/mol. The Morgan fingerprint density at radius 3 is 2.12 bits per heavy atom. The van der Waals surface area contributed by atoms with Crippen molar-refractivity contribution in [1.29, 1.82) is 0 Å². The lowest BCUT2D eigenvalue weighted by Crippen LogP contribution is -2.39. The molecule has 0 aromatic rings. The highest BCUT2D eigenvalue weighted by atomic mass is 127. The monoisotopic (exact) mass is 491 g/mol. The minimum atomic E-state index is -3.10. The van der Waals surface area contributed by atoms with Gasteiger partial charge >= 0.3 is 0 Å². The zero-order valence-corrected chi connectivity index (χ0v) is 19.8. The molecule has 0 aromatic carbocycles. The summed E-state index contributed by atoms with van der Waals surface area (Å²) in [7, 11) is -3.10. The van der Waals surface area contributed by atoms with Gasteiger partial charge in [-0.2, -0.15) is 0 Å². The van der Waals surface area contributed by atoms with E-state index >= 15 is 0 Å². The van der Waals surface area contributed by atoms with Crippen LogP contribution in [0.25, 0.3) is 0 Å². The van der Waals surface area contributed by atoms with Gasteiger partial charge in [-0.25, -0.2) is 13.1 Å². The number of nitrogens with zero attached hydrogens (tertiary/aromatic N) is 2. The van der Waals surface area contributed by atoms with Crippen molar-refractivity contribution in [3.63, 3.8) is 0 Å². The van der Waals surface area contributed by atoms with Crippen LogP contribution in [0.3, 0.4) is 0 Å². The van der Waals surface area contributed by atoms with Crippen LogP contribution in [0.15, 0.2) is 4.99 Å². The van der Waals surface area contributed by atoms with Crippen LogP contribution < -0.4 is 15.4 Å². The summed E-state index contributed by atoms with van der Waals surface area (Å²) in [5, 5.41) is 6.44. The van der Waals surface area contributed by atoms with Crippen LogP contribution in [-0.4, -0.2) is 70.3 Å². The average molecular weight is 491 g/mol. The molecule has 0 fully saturated rings. The highest BCUT2D eigenvalue weighted by Crippen LogP contribution is 2.05. The first-order valence-electron chi connectivity index (χ1n) is 8.90. The van der Waals surface area contributed by atoms with Crippen molar-refractivity contribution in [3.8, 4) is 0 Å². The molecule has 0 radical (unpaired) electrons. The molecule has 0 heterocycles. The van der Waals surface area contributed by atoms with E-state index in [1.54, 1.807) is 0 Å². The van der Waals surface area contributed by atoms with E-state index in [0.29, 0.717) is 31.6 Å². The highest BCUT2D eigenvalue weighted by Gasteiger charge is 2.12. The summed E-state index contributed by atoms with van der Waals surface area (Å²) < 4.78 is 24.4. The van der Waals surface area contributed by atoms with Crippen LogP contribution in [0, 0.1) is 0 Å². The molecule has 0 atom stereocenters. The Labute approximate surface area is 171 Å². The third kappa shape index (κ3) is 15.8. The Kier molecular flexibility index (Phi) is 16.2. The third-order valence-electron chi connectivity index (χ3n) is 3.53. The largest absolute Gasteiger partial charge is 0.357 e. The Hall–Kier alpha value is -0.130. The molecule has 0 aliphatic carbocycles. The van der Waals surface area contributed by atoms with E-state index in [1.807, 2.05) is 6.92 Å². The molecule has 0 aliphatic rings. The molecule has 3 N–H and O–H groups in total. The van der Waals surface area contributed by atoms with Gasteiger partial charge in [-0.3, -0.25) is 9.89 Å². The molecule has 0 saturated heterocycles. The maximum atomic E-state index is 11.0. The van der Waals surface area contributed by atoms with Gasteiger partial charge in [-0.15, -0.1) is 24.0 Å². The van der Waals surface area contributed by atoms with Crippen LogP contribution in [0.1, 0.15) is 47.5 Å². The van der Waals surface area contributed by atoms with Crippen LogP contribution >= 0.6 is 24.0 Å². The second kappa shape index (κ2) is 15.0. The Morgan fingerprint density at radius 1 is 1.04 bits per heavy atom. The number of hydrogen-bond donors (Lipinski definition) is 3. The van der Waals surface area contributed by atoms with Gasteiger partial charge in [0.15, 0.2) is 5.96 Å². The zero-order chi connectivity index (χ0) is 18.6. The highest BCUT2D eigenvalue weighted by molar-refractivity contribution is 14.0. The van der Waals surface area contributed by atoms with Crippen LogP contribution in [-0.2, 0) is 10.0 Å². The number of aliphatic imine (C=N–C) groups is 1. The molecule has 0 aliphatic heterocycles. The van der Waals surface area contributed by atoms with E-state index in [-0.39, 0.29) is 24.0 Å². The van der Waals surface area contributed by atoms with E-state index in [2.05, 4.69) is 52.9 Å². The zero-order valence-electron chi connectivity index (χ0n) is 16.6. The summed E-state index contributed by atoms with van der Waals surface area (Å²) in [6, 6.07) is 1.09. The van der Waals surface area contributed by atoms with Crippen molar-refractivity contribution < 1.29 is 8.42 Å². The second-order valence-electron chi connectivity index (χ2n) is 6.49. The molecule has 25 heavy (non-hydrogen) atoms. The van der Waals surface area contributed by atoms with Crippen LogP contribution in [0.4, 0.5) is 0 Å². The van der Waals surface area contributed by atoms with E-state index in [1.165, 1.54) is 6.26 Å². The number of halogens is 1. The maximum Gasteiger partial charge on any atom is 0.208 e. The van der Waals surface area contributed by atoms with Gasteiger partial charge in [0.1, 0.15) is 0 Å². The van der Waals surface area contributed by atoms with E-state index in [9.17, 15) is 8.42 Å². The maximum absolute atomic E-state index is 11.0. The molecule has 0 amide bonds. The van der Waals surface area contributed by atoms with Gasteiger partial charge in [0.25, 0.3) is 0 Å². The quantitative estimate of drug-likeness (QED) is 0.167. The summed E-state index contributed by atoms with van der Waals surface area (Å²) in [6.07, 6.45) is 2.90. The van der Waals surface area contributed by atoms with Gasteiger partial charge in [0.2, 0.25) is 10.0 Å². The molecule has 0 aromatic heterocycles. The molecule has 0 rings (SSSR count). The Bertz CT molecular complexity index is 447. The molecular formula is C16H38IN5O2S. The molecule has 0 saturated carbocycles. The minimum absolute atomic E-state index is 0. The van der Waals surface area contributed by atoms with Gasteiger partial charge in [0, 0.05) is 44.8 Å². The summed E-state index contributed by atoms with van der Waals surface area (Å²) in [5.74, 6) is 0.789. The molecule has 9 heteroatoms. The molecular weight excluding hydrogens is 453 g/mol. The lowest BCUT2D eigenvalue weighted by molar-refractivity contribution is 0.174. The van der Waals surface area contributed by atoms with Crippen molar-refractivity contribution in [2.45, 2.75) is 59.5 Å². The van der Waals surface area contributed by atoms with Crippen molar-refractivity contribution in [3.05, 3.63) is 0 Å². The van der Waals surface area contributed by atoms with E-state index < -0.39 is 10.0 Å². The second-order valence-corrected chi connectivity index (χ2v) is 8.32. The number of rotatable bonds is 12. The molecule has 152 valence electrons. The first-order valence-corrected chi connectivity index (χ1v) is 10.8. The fourth-order valence-corrected chi connectivity index (χ4v) is 2.97. The normalized spacial score (nSPS) is 12.6. The van der Waals surface area contributed by atoms with E-state index in [0.717, 1.165) is 32.0 Å². The standard InChI is InChI=1S/C16H37N5O2S.HI/c1-7-17-16(18-10-8-12-20-24(6,22)23)19-11-9-13-21(14(2)3)15(4)5;/h14-15,20H,7-13H2,1-6H3,(H2,17,18,19);1H. The third-order valence-corrected chi connectivity index (χ3v) is 4.25. The molecule has 0 unspecified atom stereocenters. The summed E-state index contributed by atoms with van der Waals surface area (Å²) in [5.41, 5.74) is 0. The molecule has 0 bridgehead atoms. The van der Waals surface area contributed by atoms with Gasteiger partial charge < -0.3 is 10.6 Å². The van der Waals surface area contributed by atoms with Gasteiger partial charge in [-0.05, 0) is 47.5 Å². The fourth-order valence-electron chi connectivity index (χ4n) is 2.45. The summed E-state index contributed by atoms with van der Waals surface area (Å²) in [6.45, 7) is 14.6. The van der Waals surface area contributed by atoms with Crippen molar-refractivity contribution in [1.82, 2.24) is 20.3 Å². The average Bonchev–Trinajstić information content (AvgIpc) is 2.44. The smallest absolute Gasteiger partial charge is 0.208 e. The fraction of sp³-hybridized carbons (Fsp3) is 0.938. The predicted octanol–water partition coefficient (Wildman–Crippen LogP) is 1.61. The van der Waals surface area contributed by atoms with Crippen LogP contribution in [0.2, 0.25) is 0 Å². The van der Waals surface area contributed by atoms with Gasteiger partial charge in [0.05, 0.1) is 6.26 Å². The minimum Gasteiger partial charge on any atom is -0.357 e. The number of guanidine groups is 1. The first-order chi connectivity index (χ1) is 11.2. The number of hydrogen-bond acceptors (Lipinski definition) is 4. The van der Waals surface area contributed by atoms with Crippen molar-refractivity contribution >= 4 is 40.0 Å². The molecule has 0 spiro atoms. The lowest BCUT2D eigenvalue weighted by Gasteiger charge is -2.30. The van der Waals surface area contributed by atoms with Crippen LogP contribution in [0.5, 0.6) is 0 Å². The Balaban J connectivity index is 0. The number of nitrogens with one attached hydrogen (secondary N) is 3. The van der Waals surface area contributed by atoms with Gasteiger partial charge in [-0.1, -0.05) is 0 Å². The lowest BCUT2D eigenvalue weighted by atomic mass is 10.2. The number of sulfonamides is 1. The molecule has 7 nitrogen and oxygen atoms in total. The van der Waals surface area contributed by atoms with E-state index in [4.69, 9.17) is 0 Å². The summed E-state index contributed by atoms with van der Waals surface area (Å²) >= 11 is 0. The van der Waals surface area contributed by atoms with Crippen molar-refractivity contribution in [2.75, 3.05) is 39.0 Å². The summed E-state index contributed by atoms with van der Waals surface area (Å²) in [4.78, 5) is 7.04. The first kappa shape index (κ1) is 27.1. The van der Waals surface area contributed by atoms with Crippen molar-refractivity contribution in [2.24, 2.45) is 4.99 Å². The topological polar surface area (TPSA) is 85.8 Å². The Morgan fingerprint density at radius 2 is 1.64 bits per heavy atom. The SMILES string of the molecule is CCNC(=NCCCN(C(C)C)C(C)C)NCCCNS(C)(=O)=O.I.